The summed E-state index contributed by atoms with van der Waals surface area (Å²) in [6.07, 6.45) is 0.893. The lowest BCUT2D eigenvalue weighted by atomic mass is 10.5. The van der Waals surface area contributed by atoms with Crippen LogP contribution in [0.2, 0.25) is 0 Å². The van der Waals surface area contributed by atoms with Crippen molar-refractivity contribution in [3.05, 3.63) is 0 Å². The van der Waals surface area contributed by atoms with Crippen LogP contribution in [-0.2, 0) is 18.3 Å². The van der Waals surface area contributed by atoms with Gasteiger partial charge in [-0.15, -0.1) is 0 Å². The predicted octanol–water partition coefficient (Wildman–Crippen LogP) is -0.278. The molecule has 5 heteroatoms. The van der Waals surface area contributed by atoms with Crippen molar-refractivity contribution in [3.8, 4) is 0 Å². The molecule has 0 amide bonds. The van der Waals surface area contributed by atoms with E-state index in [2.05, 4.69) is 0 Å². The van der Waals surface area contributed by atoms with Gasteiger partial charge in [-0.05, 0) is 0 Å². The summed E-state index contributed by atoms with van der Waals surface area (Å²) in [5.41, 5.74) is 0. The molecule has 1 aliphatic heterocycles. The molecule has 1 atom stereocenters. The van der Waals surface area contributed by atoms with Gasteiger partial charge in [0, 0.05) is 14.2 Å². The highest BCUT2D eigenvalue weighted by Gasteiger charge is 2.23. The molecule has 1 radical (unpaired) electrons. The fourth-order valence-electron chi connectivity index (χ4n) is 0.639. The van der Waals surface area contributed by atoms with E-state index in [1.54, 1.807) is 14.2 Å². The first-order valence-electron chi connectivity index (χ1n) is 3.50. The molecule has 0 spiro atoms. The molecule has 0 aromatic heterocycles. The van der Waals surface area contributed by atoms with Crippen molar-refractivity contribution < 1.29 is 18.3 Å². The zero-order valence-electron chi connectivity index (χ0n) is 6.83. The smallest absolute Gasteiger partial charge is 0.395 e. The third kappa shape index (κ3) is 3.83. The molecule has 1 fully saturated rings. The number of rotatable bonds is 6. The van der Waals surface area contributed by atoms with Crippen LogP contribution in [0.25, 0.3) is 0 Å². The Morgan fingerprint density at radius 3 is 2.55 bits per heavy atom. The van der Waals surface area contributed by atoms with Crippen molar-refractivity contribution in [2.75, 3.05) is 33.7 Å². The van der Waals surface area contributed by atoms with E-state index in [4.69, 9.17) is 18.3 Å². The average Bonchev–Trinajstić information content (AvgIpc) is 2.82. The van der Waals surface area contributed by atoms with Gasteiger partial charge >= 0.3 is 9.28 Å². The van der Waals surface area contributed by atoms with E-state index < -0.39 is 9.28 Å². The predicted molar refractivity (Wildman–Crippen MR) is 40.3 cm³/mol. The van der Waals surface area contributed by atoms with Crippen LogP contribution >= 0.6 is 0 Å². The highest BCUT2D eigenvalue weighted by Crippen LogP contribution is 2.08. The number of epoxide rings is 1. The minimum atomic E-state index is -1.17. The summed E-state index contributed by atoms with van der Waals surface area (Å²) in [6.45, 7) is 1.50. The quantitative estimate of drug-likeness (QED) is 0.413. The second-order valence-electron chi connectivity index (χ2n) is 2.25. The summed E-state index contributed by atoms with van der Waals surface area (Å²) < 4.78 is 20.3. The molecular weight excluding hydrogens is 164 g/mol. The van der Waals surface area contributed by atoms with Gasteiger partial charge in [0.1, 0.15) is 6.10 Å². The molecular formula is C6H13O4Si. The Bertz CT molecular complexity index is 103. The molecule has 11 heavy (non-hydrogen) atoms. The summed E-state index contributed by atoms with van der Waals surface area (Å²) >= 11 is 0. The molecule has 0 aliphatic carbocycles. The Labute approximate surface area is 68.2 Å². The third-order valence-corrected chi connectivity index (χ3v) is 2.73. The average molecular weight is 177 g/mol. The van der Waals surface area contributed by atoms with Gasteiger partial charge < -0.3 is 18.3 Å². The molecule has 0 aromatic rings. The lowest BCUT2D eigenvalue weighted by Crippen LogP contribution is -2.27. The fraction of sp³-hybridized carbons (Fsp3) is 1.00. The number of ether oxygens (including phenoxy) is 2. The summed E-state index contributed by atoms with van der Waals surface area (Å²) in [4.78, 5) is 0. The molecule has 0 aromatic carbocycles. The zero-order valence-corrected chi connectivity index (χ0v) is 7.83. The number of hydrogen-bond acceptors (Lipinski definition) is 4. The van der Waals surface area contributed by atoms with E-state index in [1.807, 2.05) is 0 Å². The van der Waals surface area contributed by atoms with Crippen LogP contribution < -0.4 is 0 Å². The Balaban J connectivity index is 1.90. The summed E-state index contributed by atoms with van der Waals surface area (Å²) in [6, 6.07) is 0. The number of hydrogen-bond donors (Lipinski definition) is 0. The van der Waals surface area contributed by atoms with Crippen LogP contribution in [0.5, 0.6) is 0 Å². The van der Waals surface area contributed by atoms with Crippen molar-refractivity contribution in [1.82, 2.24) is 0 Å². The van der Waals surface area contributed by atoms with E-state index in [1.165, 1.54) is 0 Å². The van der Waals surface area contributed by atoms with Gasteiger partial charge in [0.2, 0.25) is 0 Å². The van der Waals surface area contributed by atoms with Crippen LogP contribution in [0.15, 0.2) is 0 Å². The highest BCUT2D eigenvalue weighted by atomic mass is 28.3. The first-order chi connectivity index (χ1) is 5.36. The van der Waals surface area contributed by atoms with E-state index in [0.717, 1.165) is 6.61 Å². The largest absolute Gasteiger partial charge is 0.412 e. The van der Waals surface area contributed by atoms with Gasteiger partial charge in [0.05, 0.1) is 19.4 Å². The first-order valence-corrected chi connectivity index (χ1v) is 5.02. The molecule has 4 nitrogen and oxygen atoms in total. The van der Waals surface area contributed by atoms with E-state index in [0.29, 0.717) is 18.9 Å². The minimum absolute atomic E-state index is 0.326. The summed E-state index contributed by atoms with van der Waals surface area (Å²) in [5, 5.41) is 0. The maximum Gasteiger partial charge on any atom is 0.412 e. The molecule has 1 unspecified atom stereocenters. The second-order valence-corrected chi connectivity index (χ2v) is 4.10. The molecule has 0 saturated carbocycles. The Morgan fingerprint density at radius 1 is 1.45 bits per heavy atom. The molecule has 65 valence electrons. The van der Waals surface area contributed by atoms with Crippen LogP contribution in [0.3, 0.4) is 0 Å². The van der Waals surface area contributed by atoms with E-state index in [-0.39, 0.29) is 0 Å². The van der Waals surface area contributed by atoms with Gasteiger partial charge in [-0.1, -0.05) is 0 Å². The lowest BCUT2D eigenvalue weighted by Gasteiger charge is -2.08. The molecule has 0 N–H and O–H groups in total. The maximum absolute atomic E-state index is 5.27. The normalized spacial score (nSPS) is 22.6. The van der Waals surface area contributed by atoms with E-state index >= 15 is 0 Å². The van der Waals surface area contributed by atoms with Crippen LogP contribution in [0.1, 0.15) is 0 Å². The Kier molecular flexibility index (Phi) is 4.02. The standard InChI is InChI=1S/C6H13O4Si/c1-7-11(8-2)5-9-3-6-4-10-6/h6H,3-5H2,1-2H3. The summed E-state index contributed by atoms with van der Waals surface area (Å²) in [7, 11) is 2.10. The SMILES string of the molecule is CO[Si](COCC1CO1)OC. The van der Waals surface area contributed by atoms with Crippen LogP contribution in [0, 0.1) is 0 Å². The van der Waals surface area contributed by atoms with Crippen molar-refractivity contribution in [1.29, 1.82) is 0 Å². The van der Waals surface area contributed by atoms with Gasteiger partial charge in [-0.2, -0.15) is 0 Å². The van der Waals surface area contributed by atoms with Crippen molar-refractivity contribution in [2.24, 2.45) is 0 Å². The van der Waals surface area contributed by atoms with Gasteiger partial charge in [0.25, 0.3) is 0 Å². The fourth-order valence-corrected chi connectivity index (χ4v) is 1.33. The van der Waals surface area contributed by atoms with Gasteiger partial charge in [0.15, 0.2) is 0 Å². The van der Waals surface area contributed by atoms with Crippen LogP contribution in [0.4, 0.5) is 0 Å². The zero-order chi connectivity index (χ0) is 8.10. The molecule has 0 bridgehead atoms. The molecule has 1 heterocycles. The Hall–Kier alpha value is 0.0569. The summed E-state index contributed by atoms with van der Waals surface area (Å²) in [5.74, 6) is 0. The highest BCUT2D eigenvalue weighted by molar-refractivity contribution is 6.44. The van der Waals surface area contributed by atoms with Gasteiger partial charge in [-0.3, -0.25) is 0 Å². The monoisotopic (exact) mass is 177 g/mol. The van der Waals surface area contributed by atoms with Crippen LogP contribution in [-0.4, -0.2) is 49.1 Å². The van der Waals surface area contributed by atoms with Crippen molar-refractivity contribution in [2.45, 2.75) is 6.10 Å². The topological polar surface area (TPSA) is 40.2 Å². The van der Waals surface area contributed by atoms with E-state index in [9.17, 15) is 0 Å². The first kappa shape index (κ1) is 9.15. The molecule has 1 aliphatic rings. The molecule has 1 rings (SSSR count). The van der Waals surface area contributed by atoms with Crippen molar-refractivity contribution in [3.63, 3.8) is 0 Å². The minimum Gasteiger partial charge on any atom is -0.395 e. The van der Waals surface area contributed by atoms with Crippen molar-refractivity contribution >= 4 is 9.28 Å². The lowest BCUT2D eigenvalue weighted by molar-refractivity contribution is 0.124. The third-order valence-electron chi connectivity index (χ3n) is 1.38. The maximum atomic E-state index is 5.27. The Morgan fingerprint density at radius 2 is 2.09 bits per heavy atom. The molecule has 1 saturated heterocycles. The van der Waals surface area contributed by atoms with Gasteiger partial charge in [-0.25, -0.2) is 0 Å². The second kappa shape index (κ2) is 4.84.